The molecule has 2 N–H and O–H groups in total. The molecule has 0 aliphatic carbocycles. The Morgan fingerprint density at radius 1 is 1.35 bits per heavy atom. The molecule has 3 atom stereocenters. The van der Waals surface area contributed by atoms with Crippen molar-refractivity contribution in [1.29, 1.82) is 0 Å². The molecule has 0 bridgehead atoms. The minimum atomic E-state index is 0.0254. The Balaban J connectivity index is 1.86. The van der Waals surface area contributed by atoms with Gasteiger partial charge < -0.3 is 15.5 Å². The molecule has 1 saturated heterocycles. The van der Waals surface area contributed by atoms with Gasteiger partial charge in [-0.3, -0.25) is 0 Å². The summed E-state index contributed by atoms with van der Waals surface area (Å²) in [6, 6.07) is 8.58. The third kappa shape index (κ3) is 3.73. The van der Waals surface area contributed by atoms with Crippen molar-refractivity contribution < 1.29 is 0 Å². The van der Waals surface area contributed by atoms with E-state index < -0.39 is 0 Å². The highest BCUT2D eigenvalue weighted by Gasteiger charge is 2.30. The second kappa shape index (κ2) is 6.90. The highest BCUT2D eigenvalue weighted by Crippen LogP contribution is 2.25. The molecule has 1 aliphatic rings. The van der Waals surface area contributed by atoms with E-state index in [9.17, 15) is 0 Å². The Bertz CT molecular complexity index is 435. The second-order valence-electron chi connectivity index (χ2n) is 6.18. The fourth-order valence-electron chi connectivity index (χ4n) is 3.16. The molecule has 1 aliphatic heterocycles. The van der Waals surface area contributed by atoms with Crippen LogP contribution in [0.5, 0.6) is 0 Å². The normalized spacial score (nSPS) is 25.3. The summed E-state index contributed by atoms with van der Waals surface area (Å²) in [5.74, 6) is 0.724. The van der Waals surface area contributed by atoms with E-state index in [0.29, 0.717) is 6.04 Å². The first-order valence-electron chi connectivity index (χ1n) is 7.38. The molecule has 4 heteroatoms. The van der Waals surface area contributed by atoms with Crippen LogP contribution in [0.4, 0.5) is 0 Å². The summed E-state index contributed by atoms with van der Waals surface area (Å²) in [5.41, 5.74) is 7.34. The van der Waals surface area contributed by atoms with Gasteiger partial charge in [0.15, 0.2) is 0 Å². The Labute approximate surface area is 127 Å². The maximum absolute atomic E-state index is 6.28. The van der Waals surface area contributed by atoms with E-state index in [-0.39, 0.29) is 6.04 Å². The van der Waals surface area contributed by atoms with Crippen LogP contribution in [0.1, 0.15) is 24.9 Å². The number of hydrogen-bond donors (Lipinski definition) is 1. The maximum atomic E-state index is 6.28. The summed E-state index contributed by atoms with van der Waals surface area (Å²) in [6.07, 6.45) is 0.955. The van der Waals surface area contributed by atoms with E-state index >= 15 is 0 Å². The summed E-state index contributed by atoms with van der Waals surface area (Å²) >= 11 is 6.20. The van der Waals surface area contributed by atoms with E-state index in [1.54, 1.807) is 0 Å². The molecule has 0 aromatic heterocycles. The molecule has 1 aromatic carbocycles. The van der Waals surface area contributed by atoms with Crippen LogP contribution in [0.3, 0.4) is 0 Å². The summed E-state index contributed by atoms with van der Waals surface area (Å²) in [4.78, 5) is 4.85. The SMILES string of the molecule is CC1CN(CCC(N)c2ccccc2Cl)CC1N(C)C. The van der Waals surface area contributed by atoms with Crippen LogP contribution in [-0.2, 0) is 0 Å². The average molecular weight is 296 g/mol. The van der Waals surface area contributed by atoms with Crippen molar-refractivity contribution >= 4 is 11.6 Å². The fourth-order valence-corrected chi connectivity index (χ4v) is 3.43. The average Bonchev–Trinajstić information content (AvgIpc) is 2.78. The molecule has 0 saturated carbocycles. The Hall–Kier alpha value is -0.610. The summed E-state index contributed by atoms with van der Waals surface area (Å²) in [5, 5.41) is 0.779. The van der Waals surface area contributed by atoms with Gasteiger partial charge in [-0.05, 0) is 38.1 Å². The van der Waals surface area contributed by atoms with Gasteiger partial charge in [-0.15, -0.1) is 0 Å². The molecule has 1 aromatic rings. The van der Waals surface area contributed by atoms with Crippen molar-refractivity contribution in [2.45, 2.75) is 25.4 Å². The van der Waals surface area contributed by atoms with Crippen LogP contribution in [-0.4, -0.2) is 49.6 Å². The van der Waals surface area contributed by atoms with Crippen LogP contribution in [0.25, 0.3) is 0 Å². The second-order valence-corrected chi connectivity index (χ2v) is 6.59. The van der Waals surface area contributed by atoms with Gasteiger partial charge in [0.25, 0.3) is 0 Å². The molecule has 1 fully saturated rings. The van der Waals surface area contributed by atoms with Crippen molar-refractivity contribution in [2.24, 2.45) is 11.7 Å². The van der Waals surface area contributed by atoms with E-state index in [0.717, 1.165) is 42.6 Å². The van der Waals surface area contributed by atoms with Gasteiger partial charge in [0.1, 0.15) is 0 Å². The molecule has 20 heavy (non-hydrogen) atoms. The Morgan fingerprint density at radius 2 is 2.05 bits per heavy atom. The third-order valence-electron chi connectivity index (χ3n) is 4.37. The van der Waals surface area contributed by atoms with Crippen LogP contribution in [0.2, 0.25) is 5.02 Å². The largest absolute Gasteiger partial charge is 0.324 e. The zero-order valence-corrected chi connectivity index (χ0v) is 13.5. The van der Waals surface area contributed by atoms with Crippen molar-refractivity contribution in [3.05, 3.63) is 34.9 Å². The van der Waals surface area contributed by atoms with Crippen LogP contribution in [0.15, 0.2) is 24.3 Å². The van der Waals surface area contributed by atoms with Gasteiger partial charge in [0.2, 0.25) is 0 Å². The number of nitrogens with zero attached hydrogens (tertiary/aromatic N) is 2. The van der Waals surface area contributed by atoms with Gasteiger partial charge in [-0.2, -0.15) is 0 Å². The van der Waals surface area contributed by atoms with E-state index in [2.05, 4.69) is 30.8 Å². The van der Waals surface area contributed by atoms with Gasteiger partial charge in [-0.25, -0.2) is 0 Å². The van der Waals surface area contributed by atoms with Crippen LogP contribution in [0, 0.1) is 5.92 Å². The maximum Gasteiger partial charge on any atom is 0.0453 e. The molecule has 0 spiro atoms. The number of nitrogens with two attached hydrogens (primary N) is 1. The minimum Gasteiger partial charge on any atom is -0.324 e. The van der Waals surface area contributed by atoms with E-state index in [1.807, 2.05) is 24.3 Å². The first kappa shape index (κ1) is 15.8. The third-order valence-corrected chi connectivity index (χ3v) is 4.72. The summed E-state index contributed by atoms with van der Waals surface area (Å²) < 4.78 is 0. The molecule has 112 valence electrons. The number of hydrogen-bond acceptors (Lipinski definition) is 3. The van der Waals surface area contributed by atoms with Gasteiger partial charge in [0, 0.05) is 36.7 Å². The number of likely N-dealkylation sites (tertiary alicyclic amines) is 1. The molecule has 3 nitrogen and oxygen atoms in total. The molecular weight excluding hydrogens is 270 g/mol. The van der Waals surface area contributed by atoms with Gasteiger partial charge in [0.05, 0.1) is 0 Å². The smallest absolute Gasteiger partial charge is 0.0453 e. The van der Waals surface area contributed by atoms with Crippen molar-refractivity contribution in [2.75, 3.05) is 33.7 Å². The predicted octanol–water partition coefficient (Wildman–Crippen LogP) is 2.61. The summed E-state index contributed by atoms with van der Waals surface area (Å²) in [7, 11) is 4.33. The van der Waals surface area contributed by atoms with E-state index in [4.69, 9.17) is 17.3 Å². The van der Waals surface area contributed by atoms with Crippen molar-refractivity contribution in [1.82, 2.24) is 9.80 Å². The topological polar surface area (TPSA) is 32.5 Å². The number of halogens is 1. The van der Waals surface area contributed by atoms with Gasteiger partial charge >= 0.3 is 0 Å². The van der Waals surface area contributed by atoms with Crippen molar-refractivity contribution in [3.8, 4) is 0 Å². The minimum absolute atomic E-state index is 0.0254. The van der Waals surface area contributed by atoms with E-state index in [1.165, 1.54) is 0 Å². The lowest BCUT2D eigenvalue weighted by Crippen LogP contribution is -2.34. The lowest BCUT2D eigenvalue weighted by atomic mass is 10.0. The first-order chi connectivity index (χ1) is 9.49. The standard InChI is InChI=1S/C16H26ClN3/c1-12-10-20(11-16(12)19(2)3)9-8-15(18)13-6-4-5-7-14(13)17/h4-7,12,15-16H,8-11,18H2,1-3H3. The fraction of sp³-hybridized carbons (Fsp3) is 0.625. The highest BCUT2D eigenvalue weighted by molar-refractivity contribution is 6.31. The zero-order valence-electron chi connectivity index (χ0n) is 12.7. The Kier molecular flexibility index (Phi) is 5.44. The first-order valence-corrected chi connectivity index (χ1v) is 7.75. The molecule has 3 unspecified atom stereocenters. The molecule has 0 radical (unpaired) electrons. The number of rotatable bonds is 5. The zero-order chi connectivity index (χ0) is 14.7. The number of likely N-dealkylation sites (N-methyl/N-ethyl adjacent to an activating group) is 1. The summed E-state index contributed by atoms with van der Waals surface area (Å²) in [6.45, 7) is 5.68. The van der Waals surface area contributed by atoms with Crippen LogP contribution < -0.4 is 5.73 Å². The van der Waals surface area contributed by atoms with Crippen LogP contribution >= 0.6 is 11.6 Å². The Morgan fingerprint density at radius 3 is 2.65 bits per heavy atom. The number of benzene rings is 1. The lowest BCUT2D eigenvalue weighted by molar-refractivity contribution is 0.250. The monoisotopic (exact) mass is 295 g/mol. The highest BCUT2D eigenvalue weighted by atomic mass is 35.5. The molecule has 2 rings (SSSR count). The lowest BCUT2D eigenvalue weighted by Gasteiger charge is -2.23. The van der Waals surface area contributed by atoms with Crippen molar-refractivity contribution in [3.63, 3.8) is 0 Å². The molecular formula is C16H26ClN3. The molecule has 0 amide bonds. The predicted molar refractivity (Wildman–Crippen MR) is 86.1 cm³/mol. The molecule has 1 heterocycles. The van der Waals surface area contributed by atoms with Gasteiger partial charge in [-0.1, -0.05) is 36.7 Å². The quantitative estimate of drug-likeness (QED) is 0.906.